The second-order valence-corrected chi connectivity index (χ2v) is 7.10. The smallest absolute Gasteiger partial charge is 0.226 e. The fourth-order valence-corrected chi connectivity index (χ4v) is 4.48. The molecule has 0 bridgehead atoms. The van der Waals surface area contributed by atoms with Crippen molar-refractivity contribution in [1.29, 1.82) is 0 Å². The predicted octanol–water partition coefficient (Wildman–Crippen LogP) is 2.36. The predicted molar refractivity (Wildman–Crippen MR) is 83.2 cm³/mol. The fraction of sp³-hybridized carbons (Fsp3) is 0.706. The zero-order valence-corrected chi connectivity index (χ0v) is 13.2. The van der Waals surface area contributed by atoms with Crippen LogP contribution in [-0.4, -0.2) is 38.7 Å². The highest BCUT2D eigenvalue weighted by molar-refractivity contribution is 5.80. The Morgan fingerprint density at radius 1 is 1.36 bits per heavy atom. The van der Waals surface area contributed by atoms with Crippen molar-refractivity contribution in [2.24, 2.45) is 11.3 Å². The lowest BCUT2D eigenvalue weighted by Crippen LogP contribution is -2.39. The van der Waals surface area contributed by atoms with E-state index in [1.807, 2.05) is 6.33 Å². The van der Waals surface area contributed by atoms with Gasteiger partial charge >= 0.3 is 0 Å². The largest absolute Gasteiger partial charge is 0.341 e. The van der Waals surface area contributed by atoms with E-state index in [-0.39, 0.29) is 11.3 Å². The van der Waals surface area contributed by atoms with Crippen LogP contribution in [0.1, 0.15) is 50.8 Å². The molecule has 1 aromatic heterocycles. The van der Waals surface area contributed by atoms with E-state index in [1.54, 1.807) is 0 Å². The molecule has 1 spiro atoms. The number of aromatic nitrogens is 3. The molecule has 118 valence electrons. The van der Waals surface area contributed by atoms with E-state index in [9.17, 15) is 4.79 Å². The second kappa shape index (κ2) is 5.21. The molecule has 1 saturated heterocycles. The summed E-state index contributed by atoms with van der Waals surface area (Å²) in [7, 11) is 0. The highest BCUT2D eigenvalue weighted by atomic mass is 16.2. The van der Waals surface area contributed by atoms with Gasteiger partial charge in [-0.25, -0.2) is 0 Å². The molecule has 2 aliphatic carbocycles. The van der Waals surface area contributed by atoms with Gasteiger partial charge in [-0.3, -0.25) is 4.79 Å². The quantitative estimate of drug-likeness (QED) is 0.805. The van der Waals surface area contributed by atoms with Gasteiger partial charge in [0.2, 0.25) is 5.91 Å². The molecule has 1 aliphatic heterocycles. The van der Waals surface area contributed by atoms with Gasteiger partial charge in [-0.1, -0.05) is 18.6 Å². The highest BCUT2D eigenvalue weighted by Gasteiger charge is 2.54. The van der Waals surface area contributed by atoms with Gasteiger partial charge in [0, 0.05) is 31.5 Å². The normalized spacial score (nSPS) is 26.8. The van der Waals surface area contributed by atoms with Gasteiger partial charge in [-0.2, -0.15) is 0 Å². The molecular formula is C17H24N4O. The Labute approximate surface area is 131 Å². The van der Waals surface area contributed by atoms with Gasteiger partial charge in [0.25, 0.3) is 0 Å². The first-order valence-electron chi connectivity index (χ1n) is 8.55. The lowest BCUT2D eigenvalue weighted by molar-refractivity contribution is -0.134. The number of aryl methyl sites for hydroxylation is 1. The molecule has 1 saturated carbocycles. The number of allylic oxidation sites excluding steroid dienone is 2. The van der Waals surface area contributed by atoms with Gasteiger partial charge in [0.05, 0.1) is 0 Å². The first-order valence-corrected chi connectivity index (χ1v) is 8.55. The van der Waals surface area contributed by atoms with Crippen molar-refractivity contribution in [1.82, 2.24) is 19.7 Å². The third-order valence-corrected chi connectivity index (χ3v) is 5.96. The topological polar surface area (TPSA) is 51.0 Å². The number of nitrogens with zero attached hydrogens (tertiary/aromatic N) is 4. The summed E-state index contributed by atoms with van der Waals surface area (Å²) in [6.45, 7) is 4.77. The molecule has 1 aromatic rings. The monoisotopic (exact) mass is 300 g/mol. The van der Waals surface area contributed by atoms with Gasteiger partial charge in [0.15, 0.2) is 0 Å². The maximum absolute atomic E-state index is 12.8. The summed E-state index contributed by atoms with van der Waals surface area (Å²) in [5.41, 5.74) is 0.266. The van der Waals surface area contributed by atoms with Crippen molar-refractivity contribution < 1.29 is 4.79 Å². The number of hydrogen-bond acceptors (Lipinski definition) is 3. The number of carbonyl (C=O) groups excluding carboxylic acids is 1. The van der Waals surface area contributed by atoms with E-state index in [1.165, 1.54) is 19.3 Å². The molecule has 1 amide bonds. The lowest BCUT2D eigenvalue weighted by atomic mass is 9.62. The van der Waals surface area contributed by atoms with E-state index in [4.69, 9.17) is 0 Å². The summed E-state index contributed by atoms with van der Waals surface area (Å²) < 4.78 is 2.15. The van der Waals surface area contributed by atoms with E-state index >= 15 is 0 Å². The van der Waals surface area contributed by atoms with Gasteiger partial charge in [0.1, 0.15) is 12.2 Å². The maximum Gasteiger partial charge on any atom is 0.226 e. The fourth-order valence-electron chi connectivity index (χ4n) is 4.48. The van der Waals surface area contributed by atoms with Crippen LogP contribution in [0.25, 0.3) is 0 Å². The van der Waals surface area contributed by atoms with Crippen molar-refractivity contribution >= 4 is 5.91 Å². The molecule has 5 nitrogen and oxygen atoms in total. The van der Waals surface area contributed by atoms with Crippen LogP contribution in [-0.2, 0) is 11.3 Å². The Kier molecular flexibility index (Phi) is 3.31. The molecule has 1 atom stereocenters. The van der Waals surface area contributed by atoms with Crippen molar-refractivity contribution in [3.05, 3.63) is 24.3 Å². The molecule has 0 radical (unpaired) electrons. The Hall–Kier alpha value is -1.65. The number of amides is 1. The van der Waals surface area contributed by atoms with Crippen LogP contribution in [0.15, 0.2) is 18.5 Å². The number of carbonyl (C=O) groups is 1. The molecule has 2 fully saturated rings. The van der Waals surface area contributed by atoms with E-state index < -0.39 is 0 Å². The Balaban J connectivity index is 1.58. The third kappa shape index (κ3) is 2.02. The molecular weight excluding hydrogens is 276 g/mol. The average Bonchev–Trinajstić information content (AvgIpc) is 3.22. The van der Waals surface area contributed by atoms with Gasteiger partial charge in [-0.15, -0.1) is 10.2 Å². The van der Waals surface area contributed by atoms with Crippen LogP contribution in [0.5, 0.6) is 0 Å². The summed E-state index contributed by atoms with van der Waals surface area (Å²) in [6.07, 6.45) is 11.7. The summed E-state index contributed by atoms with van der Waals surface area (Å²) >= 11 is 0. The summed E-state index contributed by atoms with van der Waals surface area (Å²) in [6, 6.07) is 0. The molecule has 2 heterocycles. The van der Waals surface area contributed by atoms with Crippen molar-refractivity contribution in [2.45, 2.75) is 51.5 Å². The highest BCUT2D eigenvalue weighted by Crippen LogP contribution is 2.55. The van der Waals surface area contributed by atoms with E-state index in [2.05, 4.69) is 38.7 Å². The minimum atomic E-state index is 0.180. The molecule has 1 unspecified atom stereocenters. The van der Waals surface area contributed by atoms with Crippen LogP contribution < -0.4 is 0 Å². The standard InChI is InChI=1S/C17H24N4O/c1-2-20-12-18-19-15(20)14-10-21(11-17(14)8-5-9-17)16(22)13-6-3-4-7-13/h3-4,12-14H,2,5-11H2,1H3. The van der Waals surface area contributed by atoms with Crippen LogP contribution >= 0.6 is 0 Å². The van der Waals surface area contributed by atoms with Crippen LogP contribution in [0.3, 0.4) is 0 Å². The molecule has 0 aromatic carbocycles. The molecule has 0 N–H and O–H groups in total. The Morgan fingerprint density at radius 3 is 2.77 bits per heavy atom. The van der Waals surface area contributed by atoms with Crippen LogP contribution in [0, 0.1) is 11.3 Å². The SMILES string of the molecule is CCn1cnnc1C1CN(C(=O)C2CC=CC2)CC12CCC2. The van der Waals surface area contributed by atoms with Gasteiger partial charge < -0.3 is 9.47 Å². The maximum atomic E-state index is 12.8. The third-order valence-electron chi connectivity index (χ3n) is 5.96. The lowest BCUT2D eigenvalue weighted by Gasteiger charge is -2.42. The van der Waals surface area contributed by atoms with Crippen LogP contribution in [0.2, 0.25) is 0 Å². The second-order valence-electron chi connectivity index (χ2n) is 7.10. The molecule has 3 aliphatic rings. The summed E-state index contributed by atoms with van der Waals surface area (Å²) in [5, 5.41) is 8.51. The zero-order valence-electron chi connectivity index (χ0n) is 13.2. The van der Waals surface area contributed by atoms with Gasteiger partial charge in [-0.05, 0) is 38.0 Å². The van der Waals surface area contributed by atoms with Crippen LogP contribution in [0.4, 0.5) is 0 Å². The first-order chi connectivity index (χ1) is 10.7. The van der Waals surface area contributed by atoms with Crippen molar-refractivity contribution in [2.75, 3.05) is 13.1 Å². The first kappa shape index (κ1) is 14.0. The van der Waals surface area contributed by atoms with Crippen molar-refractivity contribution in [3.63, 3.8) is 0 Å². The van der Waals surface area contributed by atoms with E-state index in [0.717, 1.165) is 38.3 Å². The Morgan fingerprint density at radius 2 is 2.14 bits per heavy atom. The van der Waals surface area contributed by atoms with Crippen molar-refractivity contribution in [3.8, 4) is 0 Å². The minimum absolute atomic E-state index is 0.180. The number of rotatable bonds is 3. The summed E-state index contributed by atoms with van der Waals surface area (Å²) in [5.74, 6) is 1.98. The zero-order chi connectivity index (χ0) is 15.2. The molecule has 22 heavy (non-hydrogen) atoms. The average molecular weight is 300 g/mol. The summed E-state index contributed by atoms with van der Waals surface area (Å²) in [4.78, 5) is 14.9. The number of hydrogen-bond donors (Lipinski definition) is 0. The minimum Gasteiger partial charge on any atom is -0.341 e. The molecule has 5 heteroatoms. The number of likely N-dealkylation sites (tertiary alicyclic amines) is 1. The molecule has 4 rings (SSSR count). The Bertz CT molecular complexity index is 594. The van der Waals surface area contributed by atoms with E-state index in [0.29, 0.717) is 11.8 Å².